The number of nitrogens with one attached hydrogen (secondary N) is 3. The topological polar surface area (TPSA) is 235 Å². The number of piperazine rings is 1. The third-order valence-electron chi connectivity index (χ3n) is 18.3. The fourth-order valence-corrected chi connectivity index (χ4v) is 14.0. The molecule has 98 heavy (non-hydrogen) atoms. The molecule has 3 fully saturated rings. The molecule has 0 radical (unpaired) electrons. The number of aromatic nitrogens is 2. The van der Waals surface area contributed by atoms with Gasteiger partial charge in [-0.2, -0.15) is 15.2 Å². The van der Waals surface area contributed by atoms with Crippen LogP contribution in [0, 0.1) is 28.4 Å². The molecule has 4 aliphatic rings. The van der Waals surface area contributed by atoms with E-state index in [0.717, 1.165) is 72.1 Å². The van der Waals surface area contributed by atoms with Crippen LogP contribution in [0.3, 0.4) is 0 Å². The summed E-state index contributed by atoms with van der Waals surface area (Å²) in [5, 5.41) is 32.8. The number of aromatic hydroxyl groups is 1. The number of nitriles is 1. The highest BCUT2D eigenvalue weighted by Gasteiger charge is 2.61. The van der Waals surface area contributed by atoms with Crippen molar-refractivity contribution in [1.82, 2.24) is 30.4 Å². The molecule has 21 nitrogen and oxygen atoms in total. The van der Waals surface area contributed by atoms with Crippen LogP contribution in [0.5, 0.6) is 17.5 Å². The summed E-state index contributed by atoms with van der Waals surface area (Å²) in [5.74, 6) is -2.83. The van der Waals surface area contributed by atoms with Crippen molar-refractivity contribution in [1.29, 1.82) is 5.26 Å². The summed E-state index contributed by atoms with van der Waals surface area (Å²) in [6.45, 7) is 21.2. The highest BCUT2D eigenvalue weighted by Crippen LogP contribution is 2.53. The first-order valence-corrected chi connectivity index (χ1v) is 34.2. The molecule has 5 heterocycles. The number of carbonyl (C=O) groups excluding carboxylic acids is 3. The van der Waals surface area contributed by atoms with Crippen molar-refractivity contribution < 1.29 is 61.4 Å². The van der Waals surface area contributed by atoms with Gasteiger partial charge < -0.3 is 68.9 Å². The largest absolute Gasteiger partial charge is 0.508 e. The summed E-state index contributed by atoms with van der Waals surface area (Å²) in [4.78, 5) is 59.1. The first-order chi connectivity index (χ1) is 47.3. The highest BCUT2D eigenvalue weighted by atomic mass is 35.5. The quantitative estimate of drug-likeness (QED) is 0.0242. The Labute approximate surface area is 581 Å². The molecule has 10 rings (SSSR count). The van der Waals surface area contributed by atoms with Crippen LogP contribution in [-0.2, 0) is 51.7 Å². The Morgan fingerprint density at radius 1 is 0.847 bits per heavy atom. The van der Waals surface area contributed by atoms with Crippen molar-refractivity contribution in [3.8, 4) is 23.6 Å². The van der Waals surface area contributed by atoms with Gasteiger partial charge in [-0.25, -0.2) is 8.78 Å². The lowest BCUT2D eigenvalue weighted by molar-refractivity contribution is -0.126. The van der Waals surface area contributed by atoms with E-state index in [-0.39, 0.29) is 75.2 Å². The van der Waals surface area contributed by atoms with E-state index in [1.807, 2.05) is 49.9 Å². The molecule has 0 saturated carbocycles. The van der Waals surface area contributed by atoms with E-state index in [1.165, 1.54) is 61.7 Å². The first-order valence-electron chi connectivity index (χ1n) is 33.5. The molecule has 1 unspecified atom stereocenters. The standard InChI is InChI=1S/C73H88Cl2F2N10O11/c1-7-64(89)85-26-28-86(29-27-85)68-54-21-25-87(61-42-51(88)39-48-11-8-9-12-53(48)61)45-60(54)81-71(83-68)98-47(2)44-84-23-19-52(20-24-84)97-38-37-96-36-35-95-34-33-94-32-31-93-30-22-79-69(90)49-15-18-59(62(40-49)92-6)80-70(91)67-65(55-13-10-14-57(75)66(55)77)73(46-78,63(82-67)43-72(3,4)5)56-17-16-50(74)41-58(56)76/h7-18,39-42,47,52,63,65,67,82,88H,1,19-38,43-45H2,2-6H3,(H,79,90)(H,80,91)/t47-,63+,65+,67?,73+/m1/s1. The van der Waals surface area contributed by atoms with Crippen molar-refractivity contribution >= 4 is 68.9 Å². The van der Waals surface area contributed by atoms with Crippen molar-refractivity contribution in [3.05, 3.63) is 153 Å². The average Bonchev–Trinajstić information content (AvgIpc) is 1.52. The minimum absolute atomic E-state index is 0.0463. The zero-order chi connectivity index (χ0) is 69.5. The predicted molar refractivity (Wildman–Crippen MR) is 372 cm³/mol. The zero-order valence-electron chi connectivity index (χ0n) is 56.3. The van der Waals surface area contributed by atoms with Gasteiger partial charge in [0, 0.05) is 110 Å². The second-order valence-corrected chi connectivity index (χ2v) is 27.1. The van der Waals surface area contributed by atoms with E-state index in [0.29, 0.717) is 111 Å². The first kappa shape index (κ1) is 73.0. The van der Waals surface area contributed by atoms with Gasteiger partial charge in [0.05, 0.1) is 108 Å². The molecule has 0 aliphatic carbocycles. The molecular weight excluding hydrogens is 1300 g/mol. The van der Waals surface area contributed by atoms with Gasteiger partial charge in [0.2, 0.25) is 11.8 Å². The molecule has 5 atom stereocenters. The summed E-state index contributed by atoms with van der Waals surface area (Å²) in [5.41, 5.74) is 1.02. The molecule has 1 aromatic heterocycles. The molecule has 6 aromatic rings. The van der Waals surface area contributed by atoms with Crippen LogP contribution >= 0.6 is 23.2 Å². The summed E-state index contributed by atoms with van der Waals surface area (Å²) >= 11 is 12.5. The molecule has 3 amide bonds. The van der Waals surface area contributed by atoms with E-state index in [2.05, 4.69) is 56.3 Å². The number of benzene rings is 5. The van der Waals surface area contributed by atoms with Gasteiger partial charge in [0.15, 0.2) is 0 Å². The van der Waals surface area contributed by atoms with Crippen molar-refractivity contribution in [2.24, 2.45) is 5.41 Å². The molecule has 524 valence electrons. The summed E-state index contributed by atoms with van der Waals surface area (Å²) in [6, 6.07) is 25.0. The number of methoxy groups -OCH3 is 1. The van der Waals surface area contributed by atoms with Crippen molar-refractivity contribution in [3.63, 3.8) is 0 Å². The number of carbonyl (C=O) groups is 3. The van der Waals surface area contributed by atoms with Crippen LogP contribution in [0.25, 0.3) is 10.8 Å². The third kappa shape index (κ3) is 18.0. The number of hydrogen-bond donors (Lipinski definition) is 4. The molecule has 5 aromatic carbocycles. The zero-order valence-corrected chi connectivity index (χ0v) is 57.8. The van der Waals surface area contributed by atoms with Crippen LogP contribution in [-0.4, -0.2) is 192 Å². The molecule has 4 N–H and O–H groups in total. The lowest BCUT2D eigenvalue weighted by atomic mass is 9.62. The van der Waals surface area contributed by atoms with Gasteiger partial charge in [0.25, 0.3) is 5.91 Å². The Bertz CT molecular complexity index is 3810. The Morgan fingerprint density at radius 2 is 1.55 bits per heavy atom. The summed E-state index contributed by atoms with van der Waals surface area (Å²) in [7, 11) is 1.38. The number of fused-ring (bicyclic) bond motifs is 2. The van der Waals surface area contributed by atoms with Gasteiger partial charge in [-0.05, 0) is 97.5 Å². The van der Waals surface area contributed by atoms with Crippen LogP contribution in [0.4, 0.5) is 26.0 Å². The van der Waals surface area contributed by atoms with E-state index in [9.17, 15) is 24.8 Å². The fraction of sp³-hybridized carbons (Fsp3) is 0.479. The average molecular weight is 1390 g/mol. The number of hydrogen-bond acceptors (Lipinski definition) is 18. The Hall–Kier alpha value is -7.76. The lowest BCUT2D eigenvalue weighted by Crippen LogP contribution is -2.49. The number of rotatable bonds is 30. The lowest BCUT2D eigenvalue weighted by Gasteiger charge is -2.38. The number of anilines is 3. The molecule has 25 heteroatoms. The minimum atomic E-state index is -1.82. The fourth-order valence-electron chi connectivity index (χ4n) is 13.6. The van der Waals surface area contributed by atoms with E-state index in [1.54, 1.807) is 6.07 Å². The predicted octanol–water partition coefficient (Wildman–Crippen LogP) is 10.0. The van der Waals surface area contributed by atoms with Gasteiger partial charge >= 0.3 is 6.01 Å². The number of amides is 3. The number of piperidine rings is 1. The highest BCUT2D eigenvalue weighted by molar-refractivity contribution is 6.31. The third-order valence-corrected chi connectivity index (χ3v) is 18.8. The number of nitrogens with zero attached hydrogens (tertiary/aromatic N) is 7. The maximum atomic E-state index is 16.2. The smallest absolute Gasteiger partial charge is 0.318 e. The van der Waals surface area contributed by atoms with Crippen molar-refractivity contribution in [2.45, 2.75) is 95.5 Å². The van der Waals surface area contributed by atoms with Crippen LogP contribution in [0.2, 0.25) is 10.0 Å². The number of halogens is 4. The molecular formula is C73H88Cl2F2N10O11. The second-order valence-electron chi connectivity index (χ2n) is 26.2. The van der Waals surface area contributed by atoms with Crippen molar-refractivity contribution in [2.75, 3.05) is 141 Å². The number of likely N-dealkylation sites (tertiary alicyclic amines) is 1. The SMILES string of the molecule is C=CC(=O)N1CCN(c2nc(O[C@H](C)CN3CCC(OCCOCCOCCOCCOCCNC(=O)c4ccc(NC(=O)C5N[C@@H](CC(C)(C)C)[C@](C#N)(c6ccc(Cl)cc6F)[C@H]5c5cccc(Cl)c5F)c(OC)c4)CC3)nc3c2CCN(c2cc(O)cc4ccccc24)C3)CC1. The van der Waals surface area contributed by atoms with E-state index >= 15 is 8.78 Å². The molecule has 0 bridgehead atoms. The van der Waals surface area contributed by atoms with Crippen LogP contribution < -0.4 is 35.2 Å². The second kappa shape index (κ2) is 33.9. The molecule has 4 aliphatic heterocycles. The minimum Gasteiger partial charge on any atom is -0.508 e. The number of ether oxygens (including phenoxy) is 7. The van der Waals surface area contributed by atoms with Gasteiger partial charge in [-0.15, -0.1) is 0 Å². The monoisotopic (exact) mass is 1390 g/mol. The van der Waals surface area contributed by atoms with Gasteiger partial charge in [-0.3, -0.25) is 19.3 Å². The Kier molecular flexibility index (Phi) is 25.2. The van der Waals surface area contributed by atoms with Crippen LogP contribution in [0.1, 0.15) is 85.6 Å². The summed E-state index contributed by atoms with van der Waals surface area (Å²) < 4.78 is 73.4. The van der Waals surface area contributed by atoms with Crippen LogP contribution in [0.15, 0.2) is 104 Å². The van der Waals surface area contributed by atoms with Gasteiger partial charge in [0.1, 0.15) is 40.5 Å². The maximum absolute atomic E-state index is 16.2. The number of phenolic OH excluding ortho intramolecular Hbond substituents is 1. The Morgan fingerprint density at radius 3 is 2.23 bits per heavy atom. The Balaban J connectivity index is 0.589. The maximum Gasteiger partial charge on any atom is 0.318 e. The van der Waals surface area contributed by atoms with E-state index < -0.39 is 52.3 Å². The summed E-state index contributed by atoms with van der Waals surface area (Å²) in [6.07, 6.45) is 4.10. The molecule has 3 saturated heterocycles. The number of phenols is 1. The normalized spacial score (nSPS) is 19.4. The van der Waals surface area contributed by atoms with Gasteiger partial charge in [-0.1, -0.05) is 93.0 Å². The molecule has 0 spiro atoms. The van der Waals surface area contributed by atoms with E-state index in [4.69, 9.17) is 66.3 Å².